The van der Waals surface area contributed by atoms with Crippen molar-refractivity contribution in [3.05, 3.63) is 40.5 Å². The zero-order valence-electron chi connectivity index (χ0n) is 20.1. The lowest BCUT2D eigenvalue weighted by atomic mass is 9.75. The Morgan fingerprint density at radius 1 is 1.18 bits per heavy atom. The van der Waals surface area contributed by atoms with E-state index in [-0.39, 0.29) is 34.2 Å². The molecule has 1 amide bonds. The second kappa shape index (κ2) is 9.49. The summed E-state index contributed by atoms with van der Waals surface area (Å²) in [5.74, 6) is -0.819. The van der Waals surface area contributed by atoms with Gasteiger partial charge in [0.25, 0.3) is 5.91 Å². The molecule has 5 N–H and O–H groups in total. The van der Waals surface area contributed by atoms with Gasteiger partial charge >= 0.3 is 0 Å². The number of aromatic nitrogens is 2. The Bertz CT molecular complexity index is 1100. The normalized spacial score (nSPS) is 19.8. The number of rotatable bonds is 4. The van der Waals surface area contributed by atoms with E-state index in [2.05, 4.69) is 5.10 Å². The monoisotopic (exact) mass is 470 g/mol. The van der Waals surface area contributed by atoms with Crippen LogP contribution in [0.15, 0.2) is 12.1 Å². The van der Waals surface area contributed by atoms with E-state index < -0.39 is 11.7 Å². The third kappa shape index (κ3) is 5.32. The fourth-order valence-electron chi connectivity index (χ4n) is 5.00. The first-order valence-electron chi connectivity index (χ1n) is 12.3. The largest absolute Gasteiger partial charge is 0.398 e. The van der Waals surface area contributed by atoms with Crippen LogP contribution in [0, 0.1) is 17.2 Å². The highest BCUT2D eigenvalue weighted by molar-refractivity contribution is 6.00. The number of nitrogen functional groups attached to an aromatic ring is 1. The molecule has 34 heavy (non-hydrogen) atoms. The van der Waals surface area contributed by atoms with E-state index in [0.29, 0.717) is 24.3 Å². The molecule has 8 heteroatoms. The first-order valence-corrected chi connectivity index (χ1v) is 12.3. The molecule has 0 aliphatic heterocycles. The molecule has 0 unspecified atom stereocenters. The zero-order valence-corrected chi connectivity index (χ0v) is 20.1. The van der Waals surface area contributed by atoms with Crippen molar-refractivity contribution in [2.45, 2.75) is 84.2 Å². The van der Waals surface area contributed by atoms with Crippen molar-refractivity contribution in [3.8, 4) is 5.69 Å². The molecule has 0 bridgehead atoms. The lowest BCUT2D eigenvalue weighted by Crippen LogP contribution is -2.28. The Morgan fingerprint density at radius 2 is 1.85 bits per heavy atom. The van der Waals surface area contributed by atoms with E-state index >= 15 is 0 Å². The van der Waals surface area contributed by atoms with Crippen LogP contribution in [-0.2, 0) is 12.8 Å². The topological polar surface area (TPSA) is 124 Å². The standard InChI is InChI=1S/C20H23FN4O2.C6H12O/c1-20(2)8-16-18(17(26)9-20)14(5-10-3-4-10)24-25(16)15-7-13(22)11(19(23)27)6-12(15)21;7-6-4-2-1-3-5-6/h6-7,10H,3-5,8-9,22H2,1-2H3,(H2,23,27);6-7H,1-5H2. The molecule has 2 fully saturated rings. The Hall–Kier alpha value is -2.74. The first-order chi connectivity index (χ1) is 16.1. The van der Waals surface area contributed by atoms with E-state index in [0.717, 1.165) is 49.6 Å². The minimum atomic E-state index is -0.786. The van der Waals surface area contributed by atoms with Gasteiger partial charge in [-0.25, -0.2) is 9.07 Å². The number of carbonyl (C=O) groups is 2. The van der Waals surface area contributed by atoms with Crippen molar-refractivity contribution in [2.75, 3.05) is 5.73 Å². The minimum absolute atomic E-state index is 0.0359. The van der Waals surface area contributed by atoms with Crippen LogP contribution in [0.1, 0.15) is 97.3 Å². The van der Waals surface area contributed by atoms with E-state index in [1.54, 1.807) is 0 Å². The van der Waals surface area contributed by atoms with E-state index in [9.17, 15) is 14.0 Å². The third-order valence-corrected chi connectivity index (χ3v) is 6.98. The maximum atomic E-state index is 14.8. The number of anilines is 1. The number of amides is 1. The quantitative estimate of drug-likeness (QED) is 0.580. The summed E-state index contributed by atoms with van der Waals surface area (Å²) in [7, 11) is 0. The van der Waals surface area contributed by atoms with Crippen LogP contribution in [0.4, 0.5) is 10.1 Å². The Labute approximate surface area is 199 Å². The zero-order chi connectivity index (χ0) is 24.6. The third-order valence-electron chi connectivity index (χ3n) is 6.98. The lowest BCUT2D eigenvalue weighted by molar-refractivity contribution is 0.0909. The van der Waals surface area contributed by atoms with Crippen molar-refractivity contribution in [3.63, 3.8) is 0 Å². The number of hydrogen-bond donors (Lipinski definition) is 3. The summed E-state index contributed by atoms with van der Waals surface area (Å²) in [4.78, 5) is 24.3. The number of aliphatic hydroxyl groups is 1. The molecule has 3 aliphatic rings. The molecular formula is C26H35FN4O3. The molecule has 1 aromatic heterocycles. The highest BCUT2D eigenvalue weighted by Crippen LogP contribution is 2.40. The summed E-state index contributed by atoms with van der Waals surface area (Å²) < 4.78 is 16.3. The molecule has 2 saturated carbocycles. The van der Waals surface area contributed by atoms with E-state index in [4.69, 9.17) is 16.6 Å². The highest BCUT2D eigenvalue weighted by atomic mass is 19.1. The van der Waals surface area contributed by atoms with Gasteiger partial charge in [-0.05, 0) is 62.0 Å². The van der Waals surface area contributed by atoms with E-state index in [1.165, 1.54) is 30.0 Å². The predicted molar refractivity (Wildman–Crippen MR) is 128 cm³/mol. The van der Waals surface area contributed by atoms with Crippen molar-refractivity contribution >= 4 is 17.4 Å². The van der Waals surface area contributed by atoms with Gasteiger partial charge in [-0.2, -0.15) is 5.10 Å². The second-order valence-corrected chi connectivity index (χ2v) is 10.8. The van der Waals surface area contributed by atoms with Crippen LogP contribution < -0.4 is 11.5 Å². The summed E-state index contributed by atoms with van der Waals surface area (Å²) in [6.07, 6.45) is 9.99. The second-order valence-electron chi connectivity index (χ2n) is 10.8. The Kier molecular flexibility index (Phi) is 6.80. The number of carbonyl (C=O) groups excluding carboxylic acids is 2. The van der Waals surface area contributed by atoms with Gasteiger partial charge in [-0.3, -0.25) is 9.59 Å². The van der Waals surface area contributed by atoms with Crippen molar-refractivity contribution in [1.29, 1.82) is 0 Å². The average molecular weight is 471 g/mol. The number of benzene rings is 1. The first kappa shape index (κ1) is 24.4. The Balaban J connectivity index is 0.000000336. The molecule has 1 heterocycles. The number of nitrogens with zero attached hydrogens (tertiary/aromatic N) is 2. The van der Waals surface area contributed by atoms with Crippen LogP contribution in [-0.4, -0.2) is 32.7 Å². The number of Topliss-reactive ketones (excluding diaryl/α,β-unsaturated/α-hetero) is 1. The lowest BCUT2D eigenvalue weighted by Gasteiger charge is -2.29. The smallest absolute Gasteiger partial charge is 0.250 e. The Morgan fingerprint density at radius 3 is 2.41 bits per heavy atom. The van der Waals surface area contributed by atoms with Crippen LogP contribution in [0.25, 0.3) is 5.69 Å². The van der Waals surface area contributed by atoms with Crippen LogP contribution in [0.3, 0.4) is 0 Å². The fraction of sp³-hybridized carbons (Fsp3) is 0.577. The van der Waals surface area contributed by atoms with Crippen molar-refractivity contribution in [1.82, 2.24) is 9.78 Å². The molecule has 0 spiro atoms. The summed E-state index contributed by atoms with van der Waals surface area (Å²) in [6, 6.07) is 2.41. The van der Waals surface area contributed by atoms with Crippen molar-refractivity contribution in [2.24, 2.45) is 17.1 Å². The van der Waals surface area contributed by atoms with Gasteiger partial charge in [0, 0.05) is 12.1 Å². The highest BCUT2D eigenvalue weighted by Gasteiger charge is 2.38. The number of nitrogens with two attached hydrogens (primary N) is 2. The summed E-state index contributed by atoms with van der Waals surface area (Å²) >= 11 is 0. The van der Waals surface area contributed by atoms with Crippen LogP contribution in [0.2, 0.25) is 0 Å². The van der Waals surface area contributed by atoms with Gasteiger partial charge in [0.1, 0.15) is 11.5 Å². The average Bonchev–Trinajstić information content (AvgIpc) is 3.50. The molecule has 1 aromatic carbocycles. The van der Waals surface area contributed by atoms with Gasteiger partial charge in [-0.15, -0.1) is 0 Å². The van der Waals surface area contributed by atoms with Crippen LogP contribution >= 0.6 is 0 Å². The summed E-state index contributed by atoms with van der Waals surface area (Å²) in [5.41, 5.74) is 13.2. The number of ketones is 1. The van der Waals surface area contributed by atoms with Crippen molar-refractivity contribution < 1.29 is 19.1 Å². The maximum absolute atomic E-state index is 14.8. The molecule has 0 radical (unpaired) electrons. The van der Waals surface area contributed by atoms with Gasteiger partial charge in [0.05, 0.1) is 28.6 Å². The van der Waals surface area contributed by atoms with Crippen LogP contribution in [0.5, 0.6) is 0 Å². The fourth-order valence-corrected chi connectivity index (χ4v) is 5.00. The van der Waals surface area contributed by atoms with Gasteiger partial charge < -0.3 is 16.6 Å². The molecule has 184 valence electrons. The number of hydrogen-bond acceptors (Lipinski definition) is 5. The minimum Gasteiger partial charge on any atom is -0.398 e. The number of fused-ring (bicyclic) bond motifs is 1. The van der Waals surface area contributed by atoms with Gasteiger partial charge in [0.2, 0.25) is 0 Å². The molecule has 3 aliphatic carbocycles. The SMILES string of the molecule is CC1(C)CC(=O)c2c(CC3CC3)nn(-c3cc(N)c(C(N)=O)cc3F)c2C1.OC1CCCCC1. The summed E-state index contributed by atoms with van der Waals surface area (Å²) in [6.45, 7) is 4.04. The maximum Gasteiger partial charge on any atom is 0.250 e. The molecular weight excluding hydrogens is 435 g/mol. The molecule has 0 atom stereocenters. The van der Waals surface area contributed by atoms with Gasteiger partial charge in [0.15, 0.2) is 5.78 Å². The van der Waals surface area contributed by atoms with E-state index in [1.807, 2.05) is 13.8 Å². The summed E-state index contributed by atoms with van der Waals surface area (Å²) in [5, 5.41) is 13.5. The number of aliphatic hydroxyl groups excluding tert-OH is 1. The number of primary amides is 1. The predicted octanol–water partition coefficient (Wildman–Crippen LogP) is 4.11. The van der Waals surface area contributed by atoms with Gasteiger partial charge in [-0.1, -0.05) is 33.1 Å². The number of halogens is 1. The molecule has 5 rings (SSSR count). The molecule has 7 nitrogen and oxygen atoms in total. The molecule has 2 aromatic rings. The molecule has 0 saturated heterocycles.